The number of piperidine rings is 1. The number of halogens is 6. The van der Waals surface area contributed by atoms with Crippen molar-refractivity contribution < 1.29 is 55.7 Å². The van der Waals surface area contributed by atoms with Gasteiger partial charge in [-0.15, -0.1) is 11.3 Å². The van der Waals surface area contributed by atoms with Crippen molar-refractivity contribution >= 4 is 29.2 Å². The number of carboxylic acids is 2. The van der Waals surface area contributed by atoms with Crippen LogP contribution >= 0.6 is 11.3 Å². The molecule has 2 N–H and O–H groups in total. The third kappa shape index (κ3) is 10.4. The molecule has 0 radical (unpaired) electrons. The standard InChI is InChI=1S/C18H22N4O2S.2C2HF3O2/c23-17(15-3-1-2-6-19-15)22-8-4-18(5-9-22)14-21(10-11-24-18)13-16-20-7-12-25-16;2*3-2(4,5)1(6)7/h1-3,6-7,12H,4-5,8-11,13-14H2;2*(H,6,7). The third-order valence-corrected chi connectivity index (χ3v) is 6.27. The van der Waals surface area contributed by atoms with Gasteiger partial charge in [0, 0.05) is 44.0 Å². The van der Waals surface area contributed by atoms with Gasteiger partial charge in [0.05, 0.1) is 18.8 Å². The Kier molecular flexibility index (Phi) is 11.2. The number of alkyl halides is 6. The largest absolute Gasteiger partial charge is 0.490 e. The summed E-state index contributed by atoms with van der Waals surface area (Å²) in [7, 11) is 0. The molecule has 39 heavy (non-hydrogen) atoms. The minimum Gasteiger partial charge on any atom is -0.475 e. The highest BCUT2D eigenvalue weighted by atomic mass is 32.1. The van der Waals surface area contributed by atoms with Gasteiger partial charge < -0.3 is 19.8 Å². The lowest BCUT2D eigenvalue weighted by Gasteiger charge is -2.47. The Morgan fingerprint density at radius 3 is 2.00 bits per heavy atom. The smallest absolute Gasteiger partial charge is 0.475 e. The molecule has 216 valence electrons. The molecule has 0 aromatic carbocycles. The number of morpholine rings is 1. The molecule has 0 aliphatic carbocycles. The normalized spacial score (nSPS) is 17.3. The van der Waals surface area contributed by atoms with Crippen molar-refractivity contribution in [3.8, 4) is 0 Å². The van der Waals surface area contributed by atoms with Crippen LogP contribution in [-0.4, -0.2) is 98.6 Å². The topological polar surface area (TPSA) is 133 Å². The molecule has 0 unspecified atom stereocenters. The van der Waals surface area contributed by atoms with E-state index >= 15 is 0 Å². The number of aliphatic carboxylic acids is 2. The predicted molar refractivity (Wildman–Crippen MR) is 123 cm³/mol. The van der Waals surface area contributed by atoms with E-state index in [0.29, 0.717) is 5.69 Å². The molecule has 2 aliphatic heterocycles. The zero-order valence-electron chi connectivity index (χ0n) is 20.1. The van der Waals surface area contributed by atoms with E-state index in [-0.39, 0.29) is 11.5 Å². The van der Waals surface area contributed by atoms with E-state index in [4.69, 9.17) is 24.5 Å². The first-order valence-corrected chi connectivity index (χ1v) is 12.1. The molecule has 4 heterocycles. The van der Waals surface area contributed by atoms with Crippen molar-refractivity contribution in [1.29, 1.82) is 0 Å². The van der Waals surface area contributed by atoms with Crippen molar-refractivity contribution in [3.63, 3.8) is 0 Å². The molecular weight excluding hydrogens is 562 g/mol. The Balaban J connectivity index is 0.000000317. The SMILES string of the molecule is O=C(O)C(F)(F)F.O=C(O)C(F)(F)F.O=C(c1ccccn1)N1CCC2(CC1)CN(Cc1nccs1)CCO2. The maximum Gasteiger partial charge on any atom is 0.490 e. The number of nitrogens with zero attached hydrogens (tertiary/aromatic N) is 4. The molecular formula is C22H24F6N4O6S. The number of amides is 1. The lowest BCUT2D eigenvalue weighted by Crippen LogP contribution is -2.57. The summed E-state index contributed by atoms with van der Waals surface area (Å²) < 4.78 is 69.6. The zero-order valence-corrected chi connectivity index (χ0v) is 20.9. The summed E-state index contributed by atoms with van der Waals surface area (Å²) >= 11 is 1.70. The van der Waals surface area contributed by atoms with E-state index in [1.807, 2.05) is 28.6 Å². The Morgan fingerprint density at radius 1 is 0.949 bits per heavy atom. The van der Waals surface area contributed by atoms with Gasteiger partial charge in [-0.25, -0.2) is 14.6 Å². The molecule has 4 rings (SSSR count). The van der Waals surface area contributed by atoms with Crippen LogP contribution in [-0.2, 0) is 20.9 Å². The van der Waals surface area contributed by atoms with E-state index in [2.05, 4.69) is 14.9 Å². The Labute approximate surface area is 221 Å². The predicted octanol–water partition coefficient (Wildman–Crippen LogP) is 3.31. The fourth-order valence-electron chi connectivity index (χ4n) is 3.65. The van der Waals surface area contributed by atoms with Gasteiger partial charge in [-0.1, -0.05) is 6.07 Å². The molecule has 0 bridgehead atoms. The quantitative estimate of drug-likeness (QED) is 0.520. The number of rotatable bonds is 3. The molecule has 1 spiro atoms. The highest BCUT2D eigenvalue weighted by molar-refractivity contribution is 7.09. The first-order chi connectivity index (χ1) is 18.1. The molecule has 2 fully saturated rings. The number of pyridine rings is 1. The molecule has 1 amide bonds. The second kappa shape index (κ2) is 13.7. The Bertz CT molecular complexity index is 1050. The van der Waals surface area contributed by atoms with Gasteiger partial charge in [-0.3, -0.25) is 14.7 Å². The lowest BCUT2D eigenvalue weighted by atomic mass is 9.89. The van der Waals surface area contributed by atoms with Crippen LogP contribution in [0.25, 0.3) is 0 Å². The lowest BCUT2D eigenvalue weighted by molar-refractivity contribution is -0.193. The van der Waals surface area contributed by atoms with Gasteiger partial charge in [-0.2, -0.15) is 26.3 Å². The molecule has 17 heteroatoms. The van der Waals surface area contributed by atoms with Crippen LogP contribution < -0.4 is 0 Å². The number of likely N-dealkylation sites (tertiary alicyclic amines) is 1. The fourth-order valence-corrected chi connectivity index (χ4v) is 4.31. The van der Waals surface area contributed by atoms with E-state index < -0.39 is 24.3 Å². The number of ether oxygens (including phenoxy) is 1. The summed E-state index contributed by atoms with van der Waals surface area (Å²) in [6.07, 6.45) is -4.89. The van der Waals surface area contributed by atoms with Crippen molar-refractivity contribution in [3.05, 3.63) is 46.7 Å². The molecule has 0 atom stereocenters. The Morgan fingerprint density at radius 2 is 1.54 bits per heavy atom. The van der Waals surface area contributed by atoms with Crippen LogP contribution in [0.2, 0.25) is 0 Å². The average Bonchev–Trinajstić information content (AvgIpc) is 3.37. The molecule has 0 saturated carbocycles. The van der Waals surface area contributed by atoms with Crippen LogP contribution in [0, 0.1) is 0 Å². The van der Waals surface area contributed by atoms with E-state index in [9.17, 15) is 31.1 Å². The van der Waals surface area contributed by atoms with Crippen molar-refractivity contribution in [2.45, 2.75) is 37.3 Å². The van der Waals surface area contributed by atoms with Gasteiger partial charge in [-0.05, 0) is 25.0 Å². The molecule has 2 aromatic rings. The van der Waals surface area contributed by atoms with Crippen LogP contribution in [0.3, 0.4) is 0 Å². The highest BCUT2D eigenvalue weighted by Crippen LogP contribution is 2.31. The maximum absolute atomic E-state index is 12.6. The number of carbonyl (C=O) groups is 3. The van der Waals surface area contributed by atoms with Gasteiger partial charge in [0.25, 0.3) is 5.91 Å². The summed E-state index contributed by atoms with van der Waals surface area (Å²) in [6, 6.07) is 5.46. The molecule has 2 saturated heterocycles. The van der Waals surface area contributed by atoms with E-state index in [0.717, 1.165) is 57.2 Å². The first kappa shape index (κ1) is 31.9. The third-order valence-electron chi connectivity index (χ3n) is 5.50. The van der Waals surface area contributed by atoms with Gasteiger partial charge in [0.1, 0.15) is 10.7 Å². The highest BCUT2D eigenvalue weighted by Gasteiger charge is 2.41. The average molecular weight is 587 g/mol. The number of hydrogen-bond acceptors (Lipinski definition) is 8. The van der Waals surface area contributed by atoms with Gasteiger partial charge in [0.15, 0.2) is 0 Å². The minimum atomic E-state index is -5.08. The number of carbonyl (C=O) groups excluding carboxylic acids is 1. The van der Waals surface area contributed by atoms with E-state index in [1.165, 1.54) is 0 Å². The summed E-state index contributed by atoms with van der Waals surface area (Å²) in [5.41, 5.74) is 0.393. The van der Waals surface area contributed by atoms with Crippen molar-refractivity contribution in [1.82, 2.24) is 19.8 Å². The second-order valence-corrected chi connectivity index (χ2v) is 9.26. The van der Waals surface area contributed by atoms with E-state index in [1.54, 1.807) is 23.6 Å². The van der Waals surface area contributed by atoms with Gasteiger partial charge >= 0.3 is 24.3 Å². The molecule has 2 aliphatic rings. The zero-order chi connectivity index (χ0) is 29.3. The van der Waals surface area contributed by atoms with Crippen LogP contribution in [0.4, 0.5) is 26.3 Å². The fraction of sp³-hybridized carbons (Fsp3) is 0.500. The number of aromatic nitrogens is 2. The molecule has 10 nitrogen and oxygen atoms in total. The van der Waals surface area contributed by atoms with Gasteiger partial charge in [0.2, 0.25) is 0 Å². The number of carboxylic acid groups (broad SMARTS) is 2. The minimum absolute atomic E-state index is 0.0194. The summed E-state index contributed by atoms with van der Waals surface area (Å²) in [4.78, 5) is 43.2. The summed E-state index contributed by atoms with van der Waals surface area (Å²) in [5, 5.41) is 17.4. The number of hydrogen-bond donors (Lipinski definition) is 2. The monoisotopic (exact) mass is 586 g/mol. The number of thiazole rings is 1. The van der Waals surface area contributed by atoms with Crippen LogP contribution in [0.1, 0.15) is 28.3 Å². The summed E-state index contributed by atoms with van der Waals surface area (Å²) in [5.74, 6) is -5.49. The summed E-state index contributed by atoms with van der Waals surface area (Å²) in [6.45, 7) is 4.94. The van der Waals surface area contributed by atoms with Crippen LogP contribution in [0.5, 0.6) is 0 Å². The second-order valence-electron chi connectivity index (χ2n) is 8.28. The first-order valence-electron chi connectivity index (χ1n) is 11.2. The maximum atomic E-state index is 12.6. The van der Waals surface area contributed by atoms with Crippen LogP contribution in [0.15, 0.2) is 36.0 Å². The van der Waals surface area contributed by atoms with Crippen molar-refractivity contribution in [2.75, 3.05) is 32.8 Å². The molecule has 2 aromatic heterocycles. The Hall–Kier alpha value is -3.31. The van der Waals surface area contributed by atoms with Crippen molar-refractivity contribution in [2.24, 2.45) is 0 Å².